The Kier molecular flexibility index (Phi) is 6.26. The van der Waals surface area contributed by atoms with Crippen LogP contribution in [0.4, 0.5) is 0 Å². The fourth-order valence-electron chi connectivity index (χ4n) is 3.00. The molecule has 0 aromatic carbocycles. The smallest absolute Gasteiger partial charge is 0.224 e. The van der Waals surface area contributed by atoms with Crippen molar-refractivity contribution in [3.63, 3.8) is 0 Å². The summed E-state index contributed by atoms with van der Waals surface area (Å²) in [4.78, 5) is 14.1. The van der Waals surface area contributed by atoms with Crippen LogP contribution in [0.25, 0.3) is 0 Å². The van der Waals surface area contributed by atoms with Gasteiger partial charge in [-0.25, -0.2) is 0 Å². The molecule has 0 aromatic heterocycles. The number of methoxy groups -OCH3 is 1. The van der Waals surface area contributed by atoms with Crippen LogP contribution in [-0.4, -0.2) is 62.9 Å². The molecule has 116 valence electrons. The van der Waals surface area contributed by atoms with Crippen LogP contribution in [0, 0.1) is 5.92 Å². The van der Waals surface area contributed by atoms with Gasteiger partial charge in [-0.2, -0.15) is 0 Å². The van der Waals surface area contributed by atoms with Gasteiger partial charge in [-0.15, -0.1) is 0 Å². The highest BCUT2D eigenvalue weighted by Crippen LogP contribution is 2.20. The largest absolute Gasteiger partial charge is 0.379 e. The first-order valence-corrected chi connectivity index (χ1v) is 7.83. The van der Waals surface area contributed by atoms with Crippen molar-refractivity contribution in [1.82, 2.24) is 10.2 Å². The van der Waals surface area contributed by atoms with Crippen molar-refractivity contribution in [2.75, 3.05) is 39.9 Å². The van der Waals surface area contributed by atoms with Crippen molar-refractivity contribution in [2.45, 2.75) is 44.8 Å². The molecule has 1 amide bonds. The molecular weight excluding hydrogens is 256 g/mol. The molecule has 2 aliphatic rings. The molecule has 5 nitrogen and oxygen atoms in total. The minimum Gasteiger partial charge on any atom is -0.379 e. The highest BCUT2D eigenvalue weighted by Gasteiger charge is 2.28. The van der Waals surface area contributed by atoms with E-state index in [4.69, 9.17) is 9.47 Å². The van der Waals surface area contributed by atoms with Crippen LogP contribution >= 0.6 is 0 Å². The van der Waals surface area contributed by atoms with Crippen LogP contribution in [0.2, 0.25) is 0 Å². The molecule has 2 saturated heterocycles. The Morgan fingerprint density at radius 2 is 2.05 bits per heavy atom. The summed E-state index contributed by atoms with van der Waals surface area (Å²) < 4.78 is 11.3. The van der Waals surface area contributed by atoms with Gasteiger partial charge in [0.05, 0.1) is 25.2 Å². The van der Waals surface area contributed by atoms with E-state index in [0.717, 1.165) is 45.4 Å². The van der Waals surface area contributed by atoms with Gasteiger partial charge >= 0.3 is 0 Å². The number of likely N-dealkylation sites (tertiary alicyclic amines) is 1. The van der Waals surface area contributed by atoms with E-state index in [1.807, 2.05) is 4.90 Å². The lowest BCUT2D eigenvalue weighted by molar-refractivity contribution is -0.137. The minimum atomic E-state index is 0.179. The molecule has 2 atom stereocenters. The molecule has 0 spiro atoms. The number of carbonyl (C=O) groups excluding carboxylic acids is 1. The van der Waals surface area contributed by atoms with Crippen LogP contribution in [0.5, 0.6) is 0 Å². The fourth-order valence-corrected chi connectivity index (χ4v) is 3.00. The highest BCUT2D eigenvalue weighted by molar-refractivity contribution is 5.76. The summed E-state index contributed by atoms with van der Waals surface area (Å²) in [5.41, 5.74) is 0. The maximum Gasteiger partial charge on any atom is 0.224 e. The van der Waals surface area contributed by atoms with Crippen molar-refractivity contribution in [3.8, 4) is 0 Å². The normalized spacial score (nSPS) is 28.6. The first-order valence-electron chi connectivity index (χ1n) is 7.83. The summed E-state index contributed by atoms with van der Waals surface area (Å²) in [5.74, 6) is 0.739. The average Bonchev–Trinajstić information content (AvgIpc) is 2.48. The first-order chi connectivity index (χ1) is 9.70. The molecule has 0 saturated carbocycles. The summed E-state index contributed by atoms with van der Waals surface area (Å²) in [6.45, 7) is 6.37. The van der Waals surface area contributed by atoms with Crippen molar-refractivity contribution in [1.29, 1.82) is 0 Å². The molecule has 20 heavy (non-hydrogen) atoms. The second-order valence-corrected chi connectivity index (χ2v) is 5.95. The van der Waals surface area contributed by atoms with Gasteiger partial charge in [0.15, 0.2) is 0 Å². The third-order valence-corrected chi connectivity index (χ3v) is 4.50. The van der Waals surface area contributed by atoms with E-state index in [-0.39, 0.29) is 12.0 Å². The number of piperidine rings is 2. The lowest BCUT2D eigenvalue weighted by Gasteiger charge is -2.36. The summed E-state index contributed by atoms with van der Waals surface area (Å²) in [6, 6.07) is 0. The second kappa shape index (κ2) is 7.96. The number of hydrogen-bond acceptors (Lipinski definition) is 4. The van der Waals surface area contributed by atoms with E-state index in [0.29, 0.717) is 25.0 Å². The number of amides is 1. The number of carbonyl (C=O) groups is 1. The van der Waals surface area contributed by atoms with Crippen molar-refractivity contribution in [2.24, 2.45) is 5.92 Å². The summed E-state index contributed by atoms with van der Waals surface area (Å²) in [7, 11) is 1.73. The summed E-state index contributed by atoms with van der Waals surface area (Å²) in [5, 5.41) is 3.31. The summed E-state index contributed by atoms with van der Waals surface area (Å²) >= 11 is 0. The Balaban J connectivity index is 1.66. The molecule has 0 aromatic rings. The van der Waals surface area contributed by atoms with Crippen LogP contribution < -0.4 is 5.32 Å². The van der Waals surface area contributed by atoms with Crippen LogP contribution in [0.3, 0.4) is 0 Å². The van der Waals surface area contributed by atoms with Crippen LogP contribution in [0.15, 0.2) is 0 Å². The van der Waals surface area contributed by atoms with E-state index in [2.05, 4.69) is 12.2 Å². The Labute approximate surface area is 122 Å². The maximum atomic E-state index is 12.2. The Hall–Kier alpha value is -0.650. The Bertz CT molecular complexity index is 305. The molecule has 5 heteroatoms. The molecule has 2 fully saturated rings. The van der Waals surface area contributed by atoms with Gasteiger partial charge in [-0.3, -0.25) is 4.79 Å². The number of rotatable bonds is 5. The third-order valence-electron chi connectivity index (χ3n) is 4.50. The molecule has 2 heterocycles. The van der Waals surface area contributed by atoms with Crippen molar-refractivity contribution >= 4 is 5.91 Å². The van der Waals surface area contributed by atoms with E-state index >= 15 is 0 Å². The van der Waals surface area contributed by atoms with E-state index in [1.165, 1.54) is 0 Å². The lowest BCUT2D eigenvalue weighted by atomic mass is 9.95. The third kappa shape index (κ3) is 4.43. The fraction of sp³-hybridized carbons (Fsp3) is 0.933. The van der Waals surface area contributed by atoms with Gasteiger partial charge in [0.1, 0.15) is 0 Å². The first kappa shape index (κ1) is 15.7. The predicted molar refractivity (Wildman–Crippen MR) is 77.6 cm³/mol. The quantitative estimate of drug-likeness (QED) is 0.819. The van der Waals surface area contributed by atoms with E-state index in [1.54, 1.807) is 7.11 Å². The van der Waals surface area contributed by atoms with E-state index in [9.17, 15) is 4.79 Å². The Morgan fingerprint density at radius 1 is 1.30 bits per heavy atom. The van der Waals surface area contributed by atoms with Gasteiger partial charge in [0.2, 0.25) is 5.91 Å². The minimum absolute atomic E-state index is 0.179. The van der Waals surface area contributed by atoms with Gasteiger partial charge in [0, 0.05) is 20.2 Å². The highest BCUT2D eigenvalue weighted by atomic mass is 16.5. The molecule has 1 N–H and O–H groups in total. The maximum absolute atomic E-state index is 12.2. The monoisotopic (exact) mass is 284 g/mol. The van der Waals surface area contributed by atoms with Gasteiger partial charge in [0.25, 0.3) is 0 Å². The molecule has 2 rings (SSSR count). The number of hydrogen-bond donors (Lipinski definition) is 1. The van der Waals surface area contributed by atoms with Gasteiger partial charge < -0.3 is 19.7 Å². The molecule has 2 aliphatic heterocycles. The molecular formula is C15H28N2O3. The topological polar surface area (TPSA) is 50.8 Å². The SMILES string of the molecule is COC1CN(C(=O)CCOC2CCNCC2)CCC1C. The molecule has 2 unspecified atom stereocenters. The van der Waals surface area contributed by atoms with Crippen LogP contribution in [0.1, 0.15) is 32.6 Å². The van der Waals surface area contributed by atoms with Gasteiger partial charge in [-0.1, -0.05) is 6.92 Å². The van der Waals surface area contributed by atoms with Gasteiger partial charge in [-0.05, 0) is 38.3 Å². The van der Waals surface area contributed by atoms with Crippen LogP contribution in [-0.2, 0) is 14.3 Å². The standard InChI is InChI=1S/C15H28N2O3/c1-12-5-9-17(11-14(12)19-2)15(18)6-10-20-13-3-7-16-8-4-13/h12-14,16H,3-11H2,1-2H3. The number of ether oxygens (including phenoxy) is 2. The molecule has 0 radical (unpaired) electrons. The molecule has 0 bridgehead atoms. The zero-order valence-corrected chi connectivity index (χ0v) is 12.8. The molecule has 0 aliphatic carbocycles. The second-order valence-electron chi connectivity index (χ2n) is 5.95. The number of nitrogens with zero attached hydrogens (tertiary/aromatic N) is 1. The Morgan fingerprint density at radius 3 is 2.75 bits per heavy atom. The predicted octanol–water partition coefficient (Wildman–Crippen LogP) is 1.03. The number of nitrogens with one attached hydrogen (secondary N) is 1. The van der Waals surface area contributed by atoms with Crippen molar-refractivity contribution < 1.29 is 14.3 Å². The zero-order chi connectivity index (χ0) is 14.4. The lowest BCUT2D eigenvalue weighted by Crippen LogP contribution is -2.46. The average molecular weight is 284 g/mol. The zero-order valence-electron chi connectivity index (χ0n) is 12.8. The summed E-state index contributed by atoms with van der Waals surface area (Å²) in [6.07, 6.45) is 4.14. The van der Waals surface area contributed by atoms with E-state index < -0.39 is 0 Å². The van der Waals surface area contributed by atoms with Crippen molar-refractivity contribution in [3.05, 3.63) is 0 Å².